The monoisotopic (exact) mass is 347 g/mol. The van der Waals surface area contributed by atoms with Crippen LogP contribution >= 0.6 is 0 Å². The Bertz CT molecular complexity index is 538. The van der Waals surface area contributed by atoms with Crippen molar-refractivity contribution in [1.29, 1.82) is 0 Å². The molecule has 1 aromatic rings. The van der Waals surface area contributed by atoms with Crippen LogP contribution in [-0.4, -0.2) is 24.7 Å². The highest BCUT2D eigenvalue weighted by atomic mass is 16.6. The van der Waals surface area contributed by atoms with E-state index >= 15 is 0 Å². The smallest absolute Gasteiger partial charge is 0.408 e. The Kier molecular flexibility index (Phi) is 7.76. The lowest BCUT2D eigenvalue weighted by atomic mass is 9.84. The van der Waals surface area contributed by atoms with Crippen LogP contribution in [0.2, 0.25) is 0 Å². The first-order valence-corrected chi connectivity index (χ1v) is 9.20. The molecule has 1 atom stereocenters. The van der Waals surface area contributed by atoms with Crippen molar-refractivity contribution in [2.75, 3.05) is 6.61 Å². The lowest BCUT2D eigenvalue weighted by molar-refractivity contribution is -0.149. The van der Waals surface area contributed by atoms with Crippen LogP contribution in [0.15, 0.2) is 30.3 Å². The number of hydrogen-bond acceptors (Lipinski definition) is 4. The normalized spacial score (nSPS) is 16.3. The molecule has 5 nitrogen and oxygen atoms in total. The molecule has 1 fully saturated rings. The first kappa shape index (κ1) is 19.3. The van der Waals surface area contributed by atoms with E-state index in [-0.39, 0.29) is 24.4 Å². The third-order valence-corrected chi connectivity index (χ3v) is 4.42. The van der Waals surface area contributed by atoms with Crippen molar-refractivity contribution in [2.45, 2.75) is 58.6 Å². The van der Waals surface area contributed by atoms with Gasteiger partial charge in [0.15, 0.2) is 0 Å². The summed E-state index contributed by atoms with van der Waals surface area (Å²) in [5.41, 5.74) is 0.911. The van der Waals surface area contributed by atoms with Crippen LogP contribution in [0.25, 0.3) is 0 Å². The maximum absolute atomic E-state index is 12.5. The van der Waals surface area contributed by atoms with Crippen molar-refractivity contribution in [3.63, 3.8) is 0 Å². The van der Waals surface area contributed by atoms with Crippen LogP contribution in [0.1, 0.15) is 51.5 Å². The summed E-state index contributed by atoms with van der Waals surface area (Å²) < 4.78 is 10.6. The summed E-state index contributed by atoms with van der Waals surface area (Å²) in [6.07, 6.45) is 4.64. The maximum Gasteiger partial charge on any atom is 0.408 e. The van der Waals surface area contributed by atoms with Crippen molar-refractivity contribution >= 4 is 12.1 Å². The van der Waals surface area contributed by atoms with Gasteiger partial charge in [-0.3, -0.25) is 0 Å². The fourth-order valence-electron chi connectivity index (χ4n) is 3.07. The summed E-state index contributed by atoms with van der Waals surface area (Å²) in [4.78, 5) is 24.6. The second kappa shape index (κ2) is 10.1. The van der Waals surface area contributed by atoms with Crippen LogP contribution in [0.4, 0.5) is 4.79 Å². The van der Waals surface area contributed by atoms with Crippen LogP contribution in [0.3, 0.4) is 0 Å². The van der Waals surface area contributed by atoms with E-state index in [1.54, 1.807) is 0 Å². The molecule has 138 valence electrons. The Morgan fingerprint density at radius 2 is 1.76 bits per heavy atom. The molecule has 0 bridgehead atoms. The molecule has 2 rings (SSSR count). The Labute approximate surface area is 150 Å². The molecular weight excluding hydrogens is 318 g/mol. The summed E-state index contributed by atoms with van der Waals surface area (Å²) in [6.45, 7) is 4.53. The topological polar surface area (TPSA) is 64.6 Å². The van der Waals surface area contributed by atoms with Crippen LogP contribution in [0, 0.1) is 11.8 Å². The van der Waals surface area contributed by atoms with Gasteiger partial charge in [0.2, 0.25) is 0 Å². The predicted octanol–water partition coefficient (Wildman–Crippen LogP) is 4.06. The van der Waals surface area contributed by atoms with Crippen molar-refractivity contribution in [1.82, 2.24) is 5.32 Å². The number of amides is 1. The average Bonchev–Trinajstić information content (AvgIpc) is 2.64. The summed E-state index contributed by atoms with van der Waals surface area (Å²) in [6, 6.07) is 8.86. The first-order valence-electron chi connectivity index (χ1n) is 9.20. The molecule has 0 aromatic heterocycles. The zero-order valence-electron chi connectivity index (χ0n) is 15.2. The van der Waals surface area contributed by atoms with E-state index in [2.05, 4.69) is 5.32 Å². The number of rotatable bonds is 7. The number of carbonyl (C=O) groups is 2. The molecule has 1 unspecified atom stereocenters. The SMILES string of the molecule is CC(C)COC(=O)C(NC(=O)OCc1ccccc1)C1CCCCC1. The number of esters is 1. The van der Waals surface area contributed by atoms with Gasteiger partial charge in [-0.1, -0.05) is 63.4 Å². The van der Waals surface area contributed by atoms with Gasteiger partial charge in [-0.15, -0.1) is 0 Å². The van der Waals surface area contributed by atoms with Gasteiger partial charge in [-0.2, -0.15) is 0 Å². The molecule has 25 heavy (non-hydrogen) atoms. The van der Waals surface area contributed by atoms with Gasteiger partial charge in [0.25, 0.3) is 0 Å². The zero-order chi connectivity index (χ0) is 18.1. The van der Waals surface area contributed by atoms with Gasteiger partial charge in [0, 0.05) is 0 Å². The molecule has 1 aromatic carbocycles. The zero-order valence-corrected chi connectivity index (χ0v) is 15.2. The molecule has 5 heteroatoms. The number of nitrogens with one attached hydrogen (secondary N) is 1. The lowest BCUT2D eigenvalue weighted by Gasteiger charge is -2.29. The molecule has 1 aliphatic carbocycles. The molecule has 0 radical (unpaired) electrons. The van der Waals surface area contributed by atoms with E-state index in [1.165, 1.54) is 6.42 Å². The fraction of sp³-hybridized carbons (Fsp3) is 0.600. The second-order valence-corrected chi connectivity index (χ2v) is 7.11. The molecule has 1 aliphatic rings. The summed E-state index contributed by atoms with van der Waals surface area (Å²) >= 11 is 0. The van der Waals surface area contributed by atoms with Crippen molar-refractivity contribution in [2.24, 2.45) is 11.8 Å². The van der Waals surface area contributed by atoms with Crippen LogP contribution in [-0.2, 0) is 20.9 Å². The van der Waals surface area contributed by atoms with Crippen molar-refractivity contribution in [3.05, 3.63) is 35.9 Å². The van der Waals surface area contributed by atoms with Gasteiger partial charge in [0.05, 0.1) is 6.61 Å². The van der Waals surface area contributed by atoms with E-state index < -0.39 is 12.1 Å². The molecule has 1 saturated carbocycles. The fourth-order valence-corrected chi connectivity index (χ4v) is 3.07. The minimum absolute atomic E-state index is 0.123. The lowest BCUT2D eigenvalue weighted by Crippen LogP contribution is -2.47. The number of ether oxygens (including phenoxy) is 2. The molecule has 1 N–H and O–H groups in total. The first-order chi connectivity index (χ1) is 12.1. The molecule has 1 amide bonds. The van der Waals surface area contributed by atoms with E-state index in [4.69, 9.17) is 9.47 Å². The van der Waals surface area contributed by atoms with E-state index in [9.17, 15) is 9.59 Å². The largest absolute Gasteiger partial charge is 0.464 e. The minimum atomic E-state index is -0.623. The number of alkyl carbamates (subject to hydrolysis) is 1. The van der Waals surface area contributed by atoms with Gasteiger partial charge in [-0.05, 0) is 30.2 Å². The highest BCUT2D eigenvalue weighted by Gasteiger charge is 2.32. The number of hydrogen-bond donors (Lipinski definition) is 1. The van der Waals surface area contributed by atoms with Gasteiger partial charge >= 0.3 is 12.1 Å². The Morgan fingerprint density at radius 1 is 1.08 bits per heavy atom. The van der Waals surface area contributed by atoms with E-state index in [0.717, 1.165) is 31.2 Å². The third kappa shape index (κ3) is 6.77. The quantitative estimate of drug-likeness (QED) is 0.756. The van der Waals surface area contributed by atoms with Gasteiger partial charge < -0.3 is 14.8 Å². The summed E-state index contributed by atoms with van der Waals surface area (Å²) in [7, 11) is 0. The van der Waals surface area contributed by atoms with E-state index in [1.807, 2.05) is 44.2 Å². The Hall–Kier alpha value is -2.04. The molecule has 0 saturated heterocycles. The third-order valence-electron chi connectivity index (χ3n) is 4.42. The minimum Gasteiger partial charge on any atom is -0.464 e. The highest BCUT2D eigenvalue weighted by Crippen LogP contribution is 2.27. The predicted molar refractivity (Wildman–Crippen MR) is 95.9 cm³/mol. The maximum atomic E-state index is 12.5. The molecule has 0 aliphatic heterocycles. The molecule has 0 heterocycles. The molecule has 0 spiro atoms. The standard InChI is InChI=1S/C20H29NO4/c1-15(2)13-24-19(22)18(17-11-7-4-8-12-17)21-20(23)25-14-16-9-5-3-6-10-16/h3,5-6,9-10,15,17-18H,4,7-8,11-14H2,1-2H3,(H,21,23). The Balaban J connectivity index is 1.91. The van der Waals surface area contributed by atoms with Crippen molar-refractivity contribution < 1.29 is 19.1 Å². The molecular formula is C20H29NO4. The highest BCUT2D eigenvalue weighted by molar-refractivity contribution is 5.81. The summed E-state index contributed by atoms with van der Waals surface area (Å²) in [5.74, 6) is 0.0379. The Morgan fingerprint density at radius 3 is 2.40 bits per heavy atom. The van der Waals surface area contributed by atoms with Crippen LogP contribution in [0.5, 0.6) is 0 Å². The van der Waals surface area contributed by atoms with Gasteiger partial charge in [0.1, 0.15) is 12.6 Å². The summed E-state index contributed by atoms with van der Waals surface area (Å²) in [5, 5.41) is 2.74. The second-order valence-electron chi connectivity index (χ2n) is 7.11. The van der Waals surface area contributed by atoms with E-state index in [0.29, 0.717) is 6.61 Å². The average molecular weight is 347 g/mol. The van der Waals surface area contributed by atoms with Crippen LogP contribution < -0.4 is 5.32 Å². The number of benzene rings is 1. The van der Waals surface area contributed by atoms with Gasteiger partial charge in [-0.25, -0.2) is 9.59 Å². The van der Waals surface area contributed by atoms with Crippen molar-refractivity contribution in [3.8, 4) is 0 Å². The number of carbonyl (C=O) groups excluding carboxylic acids is 2.